The minimum atomic E-state index is 0.219. The van der Waals surface area contributed by atoms with Crippen molar-refractivity contribution in [1.82, 2.24) is 9.97 Å². The Kier molecular flexibility index (Phi) is 4.54. The van der Waals surface area contributed by atoms with Crippen molar-refractivity contribution >= 4 is 17.4 Å². The predicted octanol–water partition coefficient (Wildman–Crippen LogP) is 3.74. The third-order valence-electron chi connectivity index (χ3n) is 2.76. The Morgan fingerprint density at radius 3 is 2.80 bits per heavy atom. The van der Waals surface area contributed by atoms with Crippen LogP contribution in [-0.2, 0) is 6.54 Å². The first kappa shape index (κ1) is 14.3. The molecule has 0 saturated carbocycles. The number of benzene rings is 1. The lowest BCUT2D eigenvalue weighted by atomic mass is 10.1. The maximum atomic E-state index is 8.87. The Morgan fingerprint density at radius 2 is 2.10 bits per heavy atom. The number of hydrogen-bond acceptors (Lipinski definition) is 4. The molecule has 0 saturated heterocycles. The molecule has 0 radical (unpaired) electrons. The number of nitriles is 1. The van der Waals surface area contributed by atoms with E-state index in [1.165, 1.54) is 0 Å². The smallest absolute Gasteiger partial charge is 0.135 e. The van der Waals surface area contributed by atoms with Crippen LogP contribution in [0.4, 0.5) is 5.82 Å². The molecular formula is C15H15ClN4. The van der Waals surface area contributed by atoms with Gasteiger partial charge in [0.05, 0.1) is 11.6 Å². The maximum Gasteiger partial charge on any atom is 0.135 e. The van der Waals surface area contributed by atoms with E-state index in [4.69, 9.17) is 16.9 Å². The van der Waals surface area contributed by atoms with E-state index in [0.29, 0.717) is 28.9 Å². The molecule has 4 nitrogen and oxygen atoms in total. The topological polar surface area (TPSA) is 61.6 Å². The quantitative estimate of drug-likeness (QED) is 0.870. The highest BCUT2D eigenvalue weighted by atomic mass is 35.5. The summed E-state index contributed by atoms with van der Waals surface area (Å²) in [7, 11) is 0. The molecule has 1 aromatic heterocycles. The fourth-order valence-electron chi connectivity index (χ4n) is 1.73. The molecule has 0 amide bonds. The molecule has 0 bridgehead atoms. The molecule has 0 aliphatic carbocycles. The fraction of sp³-hybridized carbons (Fsp3) is 0.267. The van der Waals surface area contributed by atoms with Crippen molar-refractivity contribution in [2.75, 3.05) is 5.32 Å². The zero-order valence-electron chi connectivity index (χ0n) is 11.4. The predicted molar refractivity (Wildman–Crippen MR) is 79.6 cm³/mol. The molecule has 0 aliphatic heterocycles. The number of hydrogen-bond donors (Lipinski definition) is 1. The summed E-state index contributed by atoms with van der Waals surface area (Å²) in [6, 6.07) is 11.3. The lowest BCUT2D eigenvalue weighted by Gasteiger charge is -2.09. The second kappa shape index (κ2) is 6.36. The minimum Gasteiger partial charge on any atom is -0.366 e. The van der Waals surface area contributed by atoms with Gasteiger partial charge in [0.2, 0.25) is 0 Å². The van der Waals surface area contributed by atoms with Crippen molar-refractivity contribution in [3.05, 3.63) is 52.4 Å². The van der Waals surface area contributed by atoms with Gasteiger partial charge in [-0.2, -0.15) is 5.26 Å². The highest BCUT2D eigenvalue weighted by Crippen LogP contribution is 2.17. The molecule has 20 heavy (non-hydrogen) atoms. The van der Waals surface area contributed by atoms with E-state index in [2.05, 4.69) is 21.4 Å². The summed E-state index contributed by atoms with van der Waals surface area (Å²) >= 11 is 5.99. The summed E-state index contributed by atoms with van der Waals surface area (Å²) in [4.78, 5) is 8.61. The Hall–Kier alpha value is -2.12. The Balaban J connectivity index is 2.12. The van der Waals surface area contributed by atoms with E-state index in [-0.39, 0.29) is 5.92 Å². The number of halogens is 1. The van der Waals surface area contributed by atoms with Gasteiger partial charge >= 0.3 is 0 Å². The first-order chi connectivity index (χ1) is 9.58. The molecule has 0 atom stereocenters. The van der Waals surface area contributed by atoms with Gasteiger partial charge in [-0.25, -0.2) is 9.97 Å². The number of anilines is 1. The van der Waals surface area contributed by atoms with Crippen LogP contribution in [0.1, 0.15) is 36.7 Å². The Labute approximate surface area is 123 Å². The Morgan fingerprint density at radius 1 is 1.30 bits per heavy atom. The lowest BCUT2D eigenvalue weighted by Crippen LogP contribution is -2.05. The van der Waals surface area contributed by atoms with E-state index in [0.717, 1.165) is 5.56 Å². The third kappa shape index (κ3) is 3.69. The van der Waals surface area contributed by atoms with Crippen molar-refractivity contribution < 1.29 is 0 Å². The summed E-state index contributed by atoms with van der Waals surface area (Å²) in [6.45, 7) is 4.62. The van der Waals surface area contributed by atoms with Crippen LogP contribution in [-0.4, -0.2) is 9.97 Å². The van der Waals surface area contributed by atoms with Gasteiger partial charge in [0.15, 0.2) is 0 Å². The number of nitrogens with zero attached hydrogens (tertiary/aromatic N) is 3. The summed E-state index contributed by atoms with van der Waals surface area (Å²) in [5.74, 6) is 1.62. The van der Waals surface area contributed by atoms with Crippen LogP contribution in [0.3, 0.4) is 0 Å². The zero-order valence-corrected chi connectivity index (χ0v) is 12.1. The normalized spacial score (nSPS) is 10.3. The second-order valence-corrected chi connectivity index (χ2v) is 5.14. The average Bonchev–Trinajstić information content (AvgIpc) is 2.44. The summed E-state index contributed by atoms with van der Waals surface area (Å²) in [5.41, 5.74) is 1.66. The van der Waals surface area contributed by atoms with Gasteiger partial charge in [-0.05, 0) is 17.7 Å². The van der Waals surface area contributed by atoms with Gasteiger partial charge in [0, 0.05) is 18.5 Å². The zero-order chi connectivity index (χ0) is 14.5. The number of rotatable bonds is 4. The van der Waals surface area contributed by atoms with Crippen molar-refractivity contribution in [2.45, 2.75) is 26.3 Å². The standard InChI is InChI=1S/C15H15ClN4/c1-10(2)15-19-13(16)7-14(20-15)18-9-12-5-3-4-11(6-12)8-17/h3-7,10H,9H2,1-2H3,(H,18,19,20). The molecule has 1 N–H and O–H groups in total. The first-order valence-electron chi connectivity index (χ1n) is 6.36. The van der Waals surface area contributed by atoms with Crippen molar-refractivity contribution in [3.8, 4) is 6.07 Å². The van der Waals surface area contributed by atoms with Crippen LogP contribution in [0, 0.1) is 11.3 Å². The summed E-state index contributed by atoms with van der Waals surface area (Å²) < 4.78 is 0. The molecular weight excluding hydrogens is 272 g/mol. The highest BCUT2D eigenvalue weighted by Gasteiger charge is 2.07. The van der Waals surface area contributed by atoms with Crippen molar-refractivity contribution in [1.29, 1.82) is 5.26 Å². The van der Waals surface area contributed by atoms with Crippen LogP contribution in [0.2, 0.25) is 5.15 Å². The molecule has 0 fully saturated rings. The van der Waals surface area contributed by atoms with Gasteiger partial charge < -0.3 is 5.32 Å². The monoisotopic (exact) mass is 286 g/mol. The second-order valence-electron chi connectivity index (χ2n) is 4.75. The molecule has 0 aliphatic rings. The van der Waals surface area contributed by atoms with Gasteiger partial charge in [-0.1, -0.05) is 37.6 Å². The summed E-state index contributed by atoms with van der Waals surface area (Å²) in [6.07, 6.45) is 0. The van der Waals surface area contributed by atoms with Crippen LogP contribution < -0.4 is 5.32 Å². The van der Waals surface area contributed by atoms with Gasteiger partial charge in [0.25, 0.3) is 0 Å². The molecule has 102 valence electrons. The summed E-state index contributed by atoms with van der Waals surface area (Å²) in [5, 5.41) is 12.5. The van der Waals surface area contributed by atoms with E-state index in [1.807, 2.05) is 32.0 Å². The van der Waals surface area contributed by atoms with Gasteiger partial charge in [-0.15, -0.1) is 0 Å². The average molecular weight is 287 g/mol. The molecule has 0 unspecified atom stereocenters. The molecule has 5 heteroatoms. The van der Waals surface area contributed by atoms with E-state index in [1.54, 1.807) is 12.1 Å². The van der Waals surface area contributed by atoms with E-state index < -0.39 is 0 Å². The molecule has 2 rings (SSSR count). The van der Waals surface area contributed by atoms with Crippen molar-refractivity contribution in [3.63, 3.8) is 0 Å². The molecule has 1 aromatic carbocycles. The van der Waals surface area contributed by atoms with Gasteiger partial charge in [-0.3, -0.25) is 0 Å². The number of nitrogens with one attached hydrogen (secondary N) is 1. The van der Waals surface area contributed by atoms with Crippen LogP contribution in [0.25, 0.3) is 0 Å². The Bertz CT molecular complexity index is 647. The SMILES string of the molecule is CC(C)c1nc(Cl)cc(NCc2cccc(C#N)c2)n1. The van der Waals surface area contributed by atoms with E-state index in [9.17, 15) is 0 Å². The molecule has 0 spiro atoms. The van der Waals surface area contributed by atoms with Crippen LogP contribution in [0.15, 0.2) is 30.3 Å². The van der Waals surface area contributed by atoms with E-state index >= 15 is 0 Å². The third-order valence-corrected chi connectivity index (χ3v) is 2.95. The highest BCUT2D eigenvalue weighted by molar-refractivity contribution is 6.29. The maximum absolute atomic E-state index is 8.87. The van der Waals surface area contributed by atoms with Crippen molar-refractivity contribution in [2.24, 2.45) is 0 Å². The minimum absolute atomic E-state index is 0.219. The fourth-order valence-corrected chi connectivity index (χ4v) is 1.92. The van der Waals surface area contributed by atoms with Crippen LogP contribution in [0.5, 0.6) is 0 Å². The number of aromatic nitrogens is 2. The molecule has 1 heterocycles. The first-order valence-corrected chi connectivity index (χ1v) is 6.73. The van der Waals surface area contributed by atoms with Crippen LogP contribution >= 0.6 is 11.6 Å². The molecule has 2 aromatic rings. The van der Waals surface area contributed by atoms with Gasteiger partial charge in [0.1, 0.15) is 16.8 Å². The largest absolute Gasteiger partial charge is 0.366 e. The lowest BCUT2D eigenvalue weighted by molar-refractivity contribution is 0.774.